The highest BCUT2D eigenvalue weighted by molar-refractivity contribution is 5.97. The van der Waals surface area contributed by atoms with Gasteiger partial charge in [-0.1, -0.05) is 13.3 Å². The Morgan fingerprint density at radius 1 is 1.35 bits per heavy atom. The fourth-order valence-electron chi connectivity index (χ4n) is 4.74. The largest absolute Gasteiger partial charge is 0.353 e. The lowest BCUT2D eigenvalue weighted by molar-refractivity contribution is -0.127. The van der Waals surface area contributed by atoms with E-state index in [0.717, 1.165) is 43.1 Å². The van der Waals surface area contributed by atoms with Crippen LogP contribution in [0.3, 0.4) is 0 Å². The predicted molar refractivity (Wildman–Crippen MR) is 99.6 cm³/mol. The van der Waals surface area contributed by atoms with E-state index < -0.39 is 0 Å². The van der Waals surface area contributed by atoms with Crippen molar-refractivity contribution in [3.05, 3.63) is 30.1 Å². The molecule has 26 heavy (non-hydrogen) atoms. The van der Waals surface area contributed by atoms with Crippen molar-refractivity contribution in [2.75, 3.05) is 0 Å². The van der Waals surface area contributed by atoms with Crippen LogP contribution < -0.4 is 10.6 Å². The van der Waals surface area contributed by atoms with Gasteiger partial charge in [0.1, 0.15) is 0 Å². The number of benzene rings is 1. The Morgan fingerprint density at radius 2 is 2.23 bits per heavy atom. The molecule has 4 unspecified atom stereocenters. The Hall–Kier alpha value is -2.37. The van der Waals surface area contributed by atoms with Crippen molar-refractivity contribution >= 4 is 22.8 Å². The van der Waals surface area contributed by atoms with Gasteiger partial charge in [-0.2, -0.15) is 0 Å². The number of H-pyrrole nitrogens is 1. The highest BCUT2D eigenvalue weighted by Gasteiger charge is 2.40. The lowest BCUT2D eigenvalue weighted by Crippen LogP contribution is -2.55. The summed E-state index contributed by atoms with van der Waals surface area (Å²) < 4.78 is 0. The van der Waals surface area contributed by atoms with Crippen LogP contribution in [-0.2, 0) is 4.79 Å². The first-order chi connectivity index (χ1) is 12.6. The van der Waals surface area contributed by atoms with Crippen LogP contribution in [0.25, 0.3) is 11.0 Å². The van der Waals surface area contributed by atoms with E-state index in [1.54, 1.807) is 6.33 Å². The zero-order chi connectivity index (χ0) is 18.1. The van der Waals surface area contributed by atoms with Crippen molar-refractivity contribution in [2.24, 2.45) is 11.8 Å². The molecule has 1 saturated heterocycles. The molecule has 1 aromatic carbocycles. The van der Waals surface area contributed by atoms with Gasteiger partial charge in [-0.3, -0.25) is 9.59 Å². The minimum atomic E-state index is -0.0582. The van der Waals surface area contributed by atoms with Crippen molar-refractivity contribution in [3.8, 4) is 0 Å². The number of aromatic amines is 1. The van der Waals surface area contributed by atoms with Crippen molar-refractivity contribution in [1.82, 2.24) is 20.6 Å². The molecule has 0 radical (unpaired) electrons. The molecule has 6 heteroatoms. The van der Waals surface area contributed by atoms with E-state index in [1.807, 2.05) is 18.2 Å². The number of nitrogens with one attached hydrogen (secondary N) is 3. The standard InChI is InChI=1S/C20H26N4O2/c1-2-3-12-9-19(25)24-17-10-14(5-6-15(12)17)23-20(26)13-4-7-16-18(8-13)22-11-21-16/h4,7-8,11-12,14-15,17H,2-3,5-6,9-10H2,1H3,(H,21,22)(H,23,26)(H,24,25). The molecule has 4 atom stereocenters. The molecule has 138 valence electrons. The third kappa shape index (κ3) is 3.32. The fourth-order valence-corrected chi connectivity index (χ4v) is 4.74. The molecule has 0 bridgehead atoms. The third-order valence-electron chi connectivity index (χ3n) is 5.98. The summed E-state index contributed by atoms with van der Waals surface area (Å²) in [6.07, 6.45) is 7.42. The number of nitrogens with zero attached hydrogens (tertiary/aromatic N) is 1. The predicted octanol–water partition coefficient (Wildman–Crippen LogP) is 2.77. The molecule has 3 N–H and O–H groups in total. The molecule has 1 aliphatic carbocycles. The van der Waals surface area contributed by atoms with Gasteiger partial charge in [0.05, 0.1) is 17.4 Å². The number of carbonyl (C=O) groups is 2. The molecular formula is C20H26N4O2. The smallest absolute Gasteiger partial charge is 0.251 e. The molecule has 2 fully saturated rings. The summed E-state index contributed by atoms with van der Waals surface area (Å²) in [6, 6.07) is 5.81. The van der Waals surface area contributed by atoms with E-state index in [0.29, 0.717) is 23.8 Å². The molecule has 2 heterocycles. The van der Waals surface area contributed by atoms with Crippen LogP contribution in [0.5, 0.6) is 0 Å². The van der Waals surface area contributed by atoms with E-state index in [1.165, 1.54) is 0 Å². The van der Waals surface area contributed by atoms with E-state index in [2.05, 4.69) is 27.5 Å². The third-order valence-corrected chi connectivity index (χ3v) is 5.98. The number of imidazole rings is 1. The average Bonchev–Trinajstić information content (AvgIpc) is 3.09. The first-order valence-electron chi connectivity index (χ1n) is 9.67. The quantitative estimate of drug-likeness (QED) is 0.789. The zero-order valence-electron chi connectivity index (χ0n) is 15.1. The summed E-state index contributed by atoms with van der Waals surface area (Å²) in [5.41, 5.74) is 2.36. The second-order valence-electron chi connectivity index (χ2n) is 7.71. The molecule has 1 saturated carbocycles. The molecule has 4 rings (SSSR count). The molecule has 1 aliphatic heterocycles. The lowest BCUT2D eigenvalue weighted by atomic mass is 9.70. The molecular weight excluding hydrogens is 328 g/mol. The van der Waals surface area contributed by atoms with Crippen LogP contribution in [0.1, 0.15) is 55.8 Å². The number of aromatic nitrogens is 2. The summed E-state index contributed by atoms with van der Waals surface area (Å²) >= 11 is 0. The van der Waals surface area contributed by atoms with Crippen LogP contribution in [0.2, 0.25) is 0 Å². The molecule has 1 aromatic heterocycles. The fraction of sp³-hybridized carbons (Fsp3) is 0.550. The molecule has 0 spiro atoms. The topological polar surface area (TPSA) is 86.9 Å². The molecule has 2 amide bonds. The number of fused-ring (bicyclic) bond motifs is 2. The Labute approximate surface area is 153 Å². The van der Waals surface area contributed by atoms with Crippen molar-refractivity contribution < 1.29 is 9.59 Å². The summed E-state index contributed by atoms with van der Waals surface area (Å²) in [7, 11) is 0. The maximum atomic E-state index is 12.6. The number of carbonyl (C=O) groups excluding carboxylic acids is 2. The highest BCUT2D eigenvalue weighted by Crippen LogP contribution is 2.37. The Morgan fingerprint density at radius 3 is 3.08 bits per heavy atom. The number of hydrogen-bond acceptors (Lipinski definition) is 3. The molecule has 2 aliphatic rings. The van der Waals surface area contributed by atoms with E-state index in [4.69, 9.17) is 0 Å². The monoisotopic (exact) mass is 354 g/mol. The zero-order valence-corrected chi connectivity index (χ0v) is 15.1. The van der Waals surface area contributed by atoms with Gasteiger partial charge in [0.15, 0.2) is 0 Å². The Bertz CT molecular complexity index is 815. The first-order valence-corrected chi connectivity index (χ1v) is 9.67. The van der Waals surface area contributed by atoms with Gasteiger partial charge in [-0.15, -0.1) is 0 Å². The van der Waals surface area contributed by atoms with Gasteiger partial charge < -0.3 is 15.6 Å². The average molecular weight is 354 g/mol. The maximum absolute atomic E-state index is 12.6. The van der Waals surface area contributed by atoms with Crippen LogP contribution in [0, 0.1) is 11.8 Å². The SMILES string of the molecule is CCCC1CC(=O)NC2CC(NC(=O)c3ccc4nc[nH]c4c3)CCC12. The van der Waals surface area contributed by atoms with Gasteiger partial charge in [0.2, 0.25) is 5.91 Å². The second-order valence-corrected chi connectivity index (χ2v) is 7.71. The molecule has 6 nitrogen and oxygen atoms in total. The van der Waals surface area contributed by atoms with Crippen molar-refractivity contribution in [1.29, 1.82) is 0 Å². The minimum absolute atomic E-state index is 0.0582. The van der Waals surface area contributed by atoms with Crippen LogP contribution >= 0.6 is 0 Å². The van der Waals surface area contributed by atoms with Gasteiger partial charge in [0, 0.05) is 24.1 Å². The molecule has 2 aromatic rings. The van der Waals surface area contributed by atoms with E-state index in [-0.39, 0.29) is 23.9 Å². The number of amides is 2. The number of piperidine rings is 1. The second kappa shape index (κ2) is 7.09. The lowest BCUT2D eigenvalue weighted by Gasteiger charge is -2.44. The van der Waals surface area contributed by atoms with Crippen LogP contribution in [0.4, 0.5) is 0 Å². The van der Waals surface area contributed by atoms with Crippen molar-refractivity contribution in [2.45, 2.75) is 57.5 Å². The van der Waals surface area contributed by atoms with Crippen LogP contribution in [0.15, 0.2) is 24.5 Å². The van der Waals surface area contributed by atoms with Gasteiger partial charge in [0.25, 0.3) is 5.91 Å². The number of rotatable bonds is 4. The van der Waals surface area contributed by atoms with Gasteiger partial charge in [-0.25, -0.2) is 4.98 Å². The van der Waals surface area contributed by atoms with Gasteiger partial charge >= 0.3 is 0 Å². The van der Waals surface area contributed by atoms with Crippen LogP contribution in [-0.4, -0.2) is 33.9 Å². The summed E-state index contributed by atoms with van der Waals surface area (Å²) in [4.78, 5) is 31.9. The Kier molecular flexibility index (Phi) is 4.66. The minimum Gasteiger partial charge on any atom is -0.353 e. The first kappa shape index (κ1) is 17.1. The normalized spacial score (nSPS) is 28.4. The Balaban J connectivity index is 1.41. The summed E-state index contributed by atoms with van der Waals surface area (Å²) in [5.74, 6) is 1.17. The number of hydrogen-bond donors (Lipinski definition) is 3. The van der Waals surface area contributed by atoms with Gasteiger partial charge in [-0.05, 0) is 55.7 Å². The summed E-state index contributed by atoms with van der Waals surface area (Å²) in [5, 5.41) is 6.33. The highest BCUT2D eigenvalue weighted by atomic mass is 16.2. The summed E-state index contributed by atoms with van der Waals surface area (Å²) in [6.45, 7) is 2.18. The maximum Gasteiger partial charge on any atom is 0.251 e. The van der Waals surface area contributed by atoms with E-state index >= 15 is 0 Å². The van der Waals surface area contributed by atoms with E-state index in [9.17, 15) is 9.59 Å². The van der Waals surface area contributed by atoms with Crippen molar-refractivity contribution in [3.63, 3.8) is 0 Å².